The molecule has 0 aliphatic carbocycles. The minimum atomic E-state index is -0.355. The van der Waals surface area contributed by atoms with Crippen LogP contribution in [0.15, 0.2) is 0 Å². The van der Waals surface area contributed by atoms with E-state index in [1.807, 2.05) is 0 Å². The number of carbonyl (C=O) groups is 2. The first-order valence-electron chi connectivity index (χ1n) is 6.28. The second-order valence-corrected chi connectivity index (χ2v) is 5.15. The van der Waals surface area contributed by atoms with Gasteiger partial charge in [0.05, 0.1) is 12.3 Å². The Morgan fingerprint density at radius 2 is 2.42 bits per heavy atom. The predicted octanol–water partition coefficient (Wildman–Crippen LogP) is 1.32. The number of amides is 1. The lowest BCUT2D eigenvalue weighted by Gasteiger charge is -2.12. The van der Waals surface area contributed by atoms with Crippen LogP contribution in [0.2, 0.25) is 0 Å². The van der Waals surface area contributed by atoms with Gasteiger partial charge in [-0.25, -0.2) is 4.79 Å². The van der Waals surface area contributed by atoms with Gasteiger partial charge in [-0.15, -0.1) is 0 Å². The zero-order chi connectivity index (χ0) is 13.8. The number of carbonyl (C=O) groups excluding carboxylic acids is 2. The lowest BCUT2D eigenvalue weighted by Crippen LogP contribution is -2.31. The van der Waals surface area contributed by atoms with E-state index in [1.165, 1.54) is 11.5 Å². The molecule has 19 heavy (non-hydrogen) atoms. The molecule has 0 bridgehead atoms. The lowest BCUT2D eigenvalue weighted by molar-refractivity contribution is -0.119. The van der Waals surface area contributed by atoms with Gasteiger partial charge in [0.2, 0.25) is 5.91 Å². The summed E-state index contributed by atoms with van der Waals surface area (Å²) in [5.74, 6) is -0.274. The fourth-order valence-corrected chi connectivity index (χ4v) is 2.77. The maximum atomic E-state index is 11.8. The molecule has 1 saturated heterocycles. The monoisotopic (exact) mass is 283 g/mol. The predicted molar refractivity (Wildman–Crippen MR) is 72.5 cm³/mol. The number of rotatable bonds is 5. The first-order chi connectivity index (χ1) is 9.11. The van der Waals surface area contributed by atoms with Crippen molar-refractivity contribution in [1.29, 1.82) is 0 Å². The van der Waals surface area contributed by atoms with E-state index < -0.39 is 0 Å². The topological polar surface area (TPSA) is 80.3 Å². The van der Waals surface area contributed by atoms with E-state index in [9.17, 15) is 9.59 Å². The fraction of sp³-hybridized carbons (Fsp3) is 0.583. The fourth-order valence-electron chi connectivity index (χ4n) is 1.98. The maximum absolute atomic E-state index is 11.8. The smallest absolute Gasteiger partial charge is 0.343 e. The second kappa shape index (κ2) is 6.01. The molecule has 7 heteroatoms. The van der Waals surface area contributed by atoms with Crippen LogP contribution in [0.5, 0.6) is 0 Å². The van der Waals surface area contributed by atoms with Crippen molar-refractivity contribution < 1.29 is 14.3 Å². The van der Waals surface area contributed by atoms with Crippen LogP contribution >= 0.6 is 11.5 Å². The summed E-state index contributed by atoms with van der Waals surface area (Å²) in [5.41, 5.74) is 1.16. The van der Waals surface area contributed by atoms with E-state index in [0.29, 0.717) is 35.8 Å². The average Bonchev–Trinajstić information content (AvgIpc) is 2.93. The Morgan fingerprint density at radius 1 is 1.63 bits per heavy atom. The number of ether oxygens (including phenoxy) is 1. The Kier molecular flexibility index (Phi) is 4.36. The number of anilines is 1. The van der Waals surface area contributed by atoms with Crippen LogP contribution in [-0.2, 0) is 9.53 Å². The zero-order valence-corrected chi connectivity index (χ0v) is 11.8. The standard InChI is InChI=1S/C12H17N3O3S/c1-3-18-12(17)10-7(2)15-19-11(10)13-6-8-4-5-9(16)14-8/h8,13H,3-6H2,1-2H3,(H,14,16). The summed E-state index contributed by atoms with van der Waals surface area (Å²) < 4.78 is 9.19. The molecule has 1 unspecified atom stereocenters. The minimum Gasteiger partial charge on any atom is -0.462 e. The number of hydrogen-bond donors (Lipinski definition) is 2. The number of aromatic nitrogens is 1. The van der Waals surface area contributed by atoms with Crippen LogP contribution in [0.25, 0.3) is 0 Å². The third kappa shape index (κ3) is 3.23. The van der Waals surface area contributed by atoms with Crippen LogP contribution in [0, 0.1) is 6.92 Å². The van der Waals surface area contributed by atoms with Gasteiger partial charge >= 0.3 is 5.97 Å². The highest BCUT2D eigenvalue weighted by atomic mass is 32.1. The van der Waals surface area contributed by atoms with E-state index >= 15 is 0 Å². The van der Waals surface area contributed by atoms with E-state index in [4.69, 9.17) is 4.74 Å². The quantitative estimate of drug-likeness (QED) is 0.797. The summed E-state index contributed by atoms with van der Waals surface area (Å²) >= 11 is 1.24. The molecular weight excluding hydrogens is 266 g/mol. The third-order valence-electron chi connectivity index (χ3n) is 2.94. The summed E-state index contributed by atoms with van der Waals surface area (Å²) in [5, 5.41) is 6.75. The number of aryl methyl sites for hydroxylation is 1. The number of nitrogens with zero attached hydrogens (tertiary/aromatic N) is 1. The second-order valence-electron chi connectivity index (χ2n) is 4.38. The number of esters is 1. The minimum absolute atomic E-state index is 0.0814. The van der Waals surface area contributed by atoms with Gasteiger partial charge in [-0.1, -0.05) is 0 Å². The molecule has 0 saturated carbocycles. The van der Waals surface area contributed by atoms with Crippen LogP contribution in [-0.4, -0.2) is 35.4 Å². The molecule has 1 aromatic heterocycles. The zero-order valence-electron chi connectivity index (χ0n) is 11.0. The molecular formula is C12H17N3O3S. The van der Waals surface area contributed by atoms with Crippen molar-refractivity contribution in [2.75, 3.05) is 18.5 Å². The molecule has 104 valence electrons. The molecule has 1 aliphatic rings. The van der Waals surface area contributed by atoms with Crippen molar-refractivity contribution in [1.82, 2.24) is 9.69 Å². The van der Waals surface area contributed by atoms with E-state index in [0.717, 1.165) is 6.42 Å². The maximum Gasteiger partial charge on any atom is 0.343 e. The van der Waals surface area contributed by atoms with Gasteiger partial charge < -0.3 is 15.4 Å². The van der Waals surface area contributed by atoms with Crippen molar-refractivity contribution in [3.05, 3.63) is 11.3 Å². The first-order valence-corrected chi connectivity index (χ1v) is 7.05. The van der Waals surface area contributed by atoms with Crippen LogP contribution in [0.3, 0.4) is 0 Å². The summed E-state index contributed by atoms with van der Waals surface area (Å²) in [4.78, 5) is 22.9. The van der Waals surface area contributed by atoms with E-state index in [1.54, 1.807) is 13.8 Å². The van der Waals surface area contributed by atoms with Gasteiger partial charge in [0.15, 0.2) is 0 Å². The van der Waals surface area contributed by atoms with E-state index in [2.05, 4.69) is 15.0 Å². The van der Waals surface area contributed by atoms with E-state index in [-0.39, 0.29) is 17.9 Å². The Hall–Kier alpha value is -1.63. The molecule has 2 heterocycles. The first kappa shape index (κ1) is 13.8. The summed E-state index contributed by atoms with van der Waals surface area (Å²) in [7, 11) is 0. The molecule has 1 amide bonds. The Labute approximate surface area is 115 Å². The molecule has 6 nitrogen and oxygen atoms in total. The molecule has 0 radical (unpaired) electrons. The molecule has 2 rings (SSSR count). The van der Waals surface area contributed by atoms with Gasteiger partial charge in [0, 0.05) is 19.0 Å². The lowest BCUT2D eigenvalue weighted by atomic mass is 10.2. The van der Waals surface area contributed by atoms with Crippen molar-refractivity contribution in [3.8, 4) is 0 Å². The van der Waals surface area contributed by atoms with Crippen molar-refractivity contribution in [2.24, 2.45) is 0 Å². The van der Waals surface area contributed by atoms with Gasteiger partial charge in [-0.05, 0) is 31.8 Å². The van der Waals surface area contributed by atoms with Crippen molar-refractivity contribution in [2.45, 2.75) is 32.7 Å². The highest BCUT2D eigenvalue weighted by molar-refractivity contribution is 7.10. The van der Waals surface area contributed by atoms with Crippen LogP contribution in [0.4, 0.5) is 5.00 Å². The van der Waals surface area contributed by atoms with Crippen LogP contribution in [0.1, 0.15) is 35.8 Å². The van der Waals surface area contributed by atoms with Gasteiger partial charge in [-0.3, -0.25) is 4.79 Å². The molecule has 0 aromatic carbocycles. The van der Waals surface area contributed by atoms with Gasteiger partial charge in [0.25, 0.3) is 0 Å². The number of hydrogen-bond acceptors (Lipinski definition) is 6. The summed E-state index contributed by atoms with van der Waals surface area (Å²) in [6.45, 7) is 4.49. The molecule has 0 spiro atoms. The Balaban J connectivity index is 2.00. The largest absolute Gasteiger partial charge is 0.462 e. The highest BCUT2D eigenvalue weighted by Gasteiger charge is 2.23. The molecule has 1 atom stereocenters. The molecule has 1 aromatic rings. The van der Waals surface area contributed by atoms with Crippen LogP contribution < -0.4 is 10.6 Å². The van der Waals surface area contributed by atoms with Crippen molar-refractivity contribution >= 4 is 28.4 Å². The average molecular weight is 283 g/mol. The van der Waals surface area contributed by atoms with Gasteiger partial charge in [0.1, 0.15) is 10.6 Å². The summed E-state index contributed by atoms with van der Waals surface area (Å²) in [6.07, 6.45) is 1.39. The third-order valence-corrected chi connectivity index (χ3v) is 3.83. The molecule has 2 N–H and O–H groups in total. The summed E-state index contributed by atoms with van der Waals surface area (Å²) in [6, 6.07) is 0.116. The number of nitrogens with one attached hydrogen (secondary N) is 2. The molecule has 1 fully saturated rings. The molecule has 1 aliphatic heterocycles. The highest BCUT2D eigenvalue weighted by Crippen LogP contribution is 2.25. The Morgan fingerprint density at radius 3 is 3.05 bits per heavy atom. The van der Waals surface area contributed by atoms with Gasteiger partial charge in [-0.2, -0.15) is 4.37 Å². The SMILES string of the molecule is CCOC(=O)c1c(C)nsc1NCC1CCC(=O)N1. The normalized spacial score (nSPS) is 18.2. The van der Waals surface area contributed by atoms with Crippen molar-refractivity contribution in [3.63, 3.8) is 0 Å². The Bertz CT molecular complexity index is 487.